The van der Waals surface area contributed by atoms with Crippen LogP contribution in [0.2, 0.25) is 0 Å². The second-order valence-electron chi connectivity index (χ2n) is 10.6. The number of imidazole rings is 1. The first kappa shape index (κ1) is 26.9. The zero-order chi connectivity index (χ0) is 27.7. The van der Waals surface area contributed by atoms with E-state index in [0.717, 1.165) is 58.8 Å². The molecule has 0 radical (unpaired) electrons. The lowest BCUT2D eigenvalue weighted by Gasteiger charge is -2.26. The third kappa shape index (κ3) is 5.83. The molecule has 1 amide bonds. The summed E-state index contributed by atoms with van der Waals surface area (Å²) in [6.07, 6.45) is 1.28. The number of carbonyl (C=O) groups excluding carboxylic acids is 1. The minimum Gasteiger partial charge on any atom is -0.444 e. The first-order valence-corrected chi connectivity index (χ1v) is 14.1. The van der Waals surface area contributed by atoms with Gasteiger partial charge in [-0.05, 0) is 70.0 Å². The Bertz CT molecular complexity index is 1460. The van der Waals surface area contributed by atoms with Gasteiger partial charge in [0, 0.05) is 44.2 Å². The van der Waals surface area contributed by atoms with Gasteiger partial charge in [0.2, 0.25) is 0 Å². The lowest BCUT2D eigenvalue weighted by Crippen LogP contribution is -2.39. The van der Waals surface area contributed by atoms with Gasteiger partial charge in [-0.1, -0.05) is 6.92 Å². The topological polar surface area (TPSA) is 79.1 Å². The number of benzene rings is 1. The van der Waals surface area contributed by atoms with E-state index in [9.17, 15) is 9.18 Å². The summed E-state index contributed by atoms with van der Waals surface area (Å²) >= 11 is 1.52. The van der Waals surface area contributed by atoms with Gasteiger partial charge < -0.3 is 19.4 Å². The third-order valence-corrected chi connectivity index (χ3v) is 7.47. The normalized spacial score (nSPS) is 14.5. The summed E-state index contributed by atoms with van der Waals surface area (Å²) in [5.41, 5.74) is 2.82. The van der Waals surface area contributed by atoms with E-state index >= 15 is 0 Å². The first-order valence-electron chi connectivity index (χ1n) is 13.2. The largest absolute Gasteiger partial charge is 0.444 e. The molecule has 1 aliphatic heterocycles. The molecule has 1 aromatic carbocycles. The van der Waals surface area contributed by atoms with Gasteiger partial charge in [0.1, 0.15) is 17.2 Å². The molecule has 1 aliphatic rings. The minimum absolute atomic E-state index is 0.270. The maximum atomic E-state index is 13.4. The number of ether oxygens (including phenoxy) is 1. The van der Waals surface area contributed by atoms with Gasteiger partial charge in [0.15, 0.2) is 16.6 Å². The van der Waals surface area contributed by atoms with Crippen molar-refractivity contribution in [3.63, 3.8) is 0 Å². The zero-order valence-electron chi connectivity index (χ0n) is 23.0. The predicted molar refractivity (Wildman–Crippen MR) is 153 cm³/mol. The monoisotopic (exact) mass is 551 g/mol. The first-order chi connectivity index (χ1) is 18.6. The number of nitrogens with zero attached hydrogens (tertiary/aromatic N) is 7. The van der Waals surface area contributed by atoms with Crippen LogP contribution in [0.1, 0.15) is 39.8 Å². The SMILES string of the molecule is CCc1nc2ccc(N3CCCN(C(=O)OC(C)(C)C)CC3)nn2c1N(C)c1nc(-c2ccc(F)cc2)cs1. The van der Waals surface area contributed by atoms with Gasteiger partial charge in [0.25, 0.3) is 0 Å². The Hall–Kier alpha value is -3.73. The summed E-state index contributed by atoms with van der Waals surface area (Å²) in [7, 11) is 1.97. The number of hydrogen-bond acceptors (Lipinski definition) is 8. The molecule has 0 unspecified atom stereocenters. The molecule has 4 aromatic rings. The minimum atomic E-state index is -0.520. The van der Waals surface area contributed by atoms with Gasteiger partial charge in [-0.3, -0.25) is 0 Å². The molecule has 9 nitrogen and oxygen atoms in total. The van der Waals surface area contributed by atoms with Crippen LogP contribution in [-0.2, 0) is 11.2 Å². The summed E-state index contributed by atoms with van der Waals surface area (Å²) in [5.74, 6) is 1.42. The van der Waals surface area contributed by atoms with Crippen molar-refractivity contribution in [1.82, 2.24) is 24.5 Å². The summed E-state index contributed by atoms with van der Waals surface area (Å²) in [4.78, 5) is 28.3. The van der Waals surface area contributed by atoms with E-state index in [4.69, 9.17) is 19.8 Å². The van der Waals surface area contributed by atoms with E-state index in [2.05, 4.69) is 11.8 Å². The highest BCUT2D eigenvalue weighted by atomic mass is 32.1. The number of anilines is 3. The van der Waals surface area contributed by atoms with Crippen LogP contribution in [0.4, 0.5) is 26.0 Å². The quantitative estimate of drug-likeness (QED) is 0.312. The van der Waals surface area contributed by atoms with E-state index in [1.54, 1.807) is 17.0 Å². The van der Waals surface area contributed by atoms with Crippen molar-refractivity contribution in [2.24, 2.45) is 0 Å². The number of carbonyl (C=O) groups is 1. The van der Waals surface area contributed by atoms with Crippen molar-refractivity contribution >= 4 is 39.8 Å². The molecule has 0 spiro atoms. The maximum Gasteiger partial charge on any atom is 0.410 e. The number of halogens is 1. The van der Waals surface area contributed by atoms with E-state index in [0.29, 0.717) is 19.6 Å². The number of fused-ring (bicyclic) bond motifs is 1. The van der Waals surface area contributed by atoms with Crippen molar-refractivity contribution in [2.45, 2.75) is 46.1 Å². The van der Waals surface area contributed by atoms with E-state index in [1.807, 2.05) is 54.7 Å². The Labute approximate surface area is 231 Å². The molecule has 0 aliphatic carbocycles. The maximum absolute atomic E-state index is 13.4. The van der Waals surface area contributed by atoms with Crippen molar-refractivity contribution in [3.05, 3.63) is 53.3 Å². The molecule has 0 atom stereocenters. The highest BCUT2D eigenvalue weighted by molar-refractivity contribution is 7.14. The third-order valence-electron chi connectivity index (χ3n) is 6.55. The standard InChI is InChI=1S/C28H34FN7O2S/c1-6-21-25(33(5)26-31-22(18-39-26)19-8-10-20(29)11-9-19)36-23(30-21)12-13-24(32-36)34-14-7-15-35(17-16-34)27(37)38-28(2,3)4/h8-13,18H,6-7,14-17H2,1-5H3. The van der Waals surface area contributed by atoms with E-state index < -0.39 is 5.60 Å². The Morgan fingerprint density at radius 2 is 1.85 bits per heavy atom. The van der Waals surface area contributed by atoms with E-state index in [-0.39, 0.29) is 11.9 Å². The van der Waals surface area contributed by atoms with Crippen LogP contribution in [-0.4, -0.2) is 69.4 Å². The number of aromatic nitrogens is 4. The predicted octanol–water partition coefficient (Wildman–Crippen LogP) is 5.77. The summed E-state index contributed by atoms with van der Waals surface area (Å²) < 4.78 is 20.8. The molecular formula is C28H34FN7O2S. The van der Waals surface area contributed by atoms with Crippen molar-refractivity contribution in [2.75, 3.05) is 43.0 Å². The van der Waals surface area contributed by atoms with Crippen molar-refractivity contribution < 1.29 is 13.9 Å². The molecule has 0 saturated carbocycles. The van der Waals surface area contributed by atoms with Gasteiger partial charge in [-0.25, -0.2) is 19.2 Å². The number of amides is 1. The molecular weight excluding hydrogens is 517 g/mol. The highest BCUT2D eigenvalue weighted by Crippen LogP contribution is 2.33. The summed E-state index contributed by atoms with van der Waals surface area (Å²) in [6, 6.07) is 10.3. The van der Waals surface area contributed by atoms with E-state index in [1.165, 1.54) is 23.5 Å². The average Bonchev–Trinajstić information content (AvgIpc) is 3.45. The lowest BCUT2D eigenvalue weighted by molar-refractivity contribution is 0.0263. The van der Waals surface area contributed by atoms with Crippen LogP contribution < -0.4 is 9.80 Å². The Kier molecular flexibility index (Phi) is 7.44. The van der Waals surface area contributed by atoms with Gasteiger partial charge in [-0.15, -0.1) is 16.4 Å². The Morgan fingerprint density at radius 1 is 1.08 bits per heavy atom. The average molecular weight is 552 g/mol. The molecule has 3 aromatic heterocycles. The fraction of sp³-hybridized carbons (Fsp3) is 0.429. The molecule has 0 bridgehead atoms. The molecule has 206 valence electrons. The van der Waals surface area contributed by atoms with Gasteiger partial charge >= 0.3 is 6.09 Å². The highest BCUT2D eigenvalue weighted by Gasteiger charge is 2.26. The Morgan fingerprint density at radius 3 is 2.56 bits per heavy atom. The number of hydrogen-bond donors (Lipinski definition) is 0. The summed E-state index contributed by atoms with van der Waals surface area (Å²) in [6.45, 7) is 10.4. The fourth-order valence-electron chi connectivity index (χ4n) is 4.62. The fourth-order valence-corrected chi connectivity index (χ4v) is 5.42. The van der Waals surface area contributed by atoms with Crippen LogP contribution in [0, 0.1) is 5.82 Å². The Balaban J connectivity index is 1.40. The van der Waals surface area contributed by atoms with Crippen molar-refractivity contribution in [1.29, 1.82) is 0 Å². The van der Waals surface area contributed by atoms with Crippen LogP contribution >= 0.6 is 11.3 Å². The van der Waals surface area contributed by atoms with Crippen molar-refractivity contribution in [3.8, 4) is 11.3 Å². The lowest BCUT2D eigenvalue weighted by atomic mass is 10.2. The second kappa shape index (κ2) is 10.8. The molecule has 1 saturated heterocycles. The van der Waals surface area contributed by atoms with Crippen LogP contribution in [0.15, 0.2) is 41.8 Å². The second-order valence-corrected chi connectivity index (χ2v) is 11.4. The number of rotatable bonds is 5. The molecule has 5 rings (SSSR count). The molecule has 39 heavy (non-hydrogen) atoms. The molecule has 1 fully saturated rings. The molecule has 11 heteroatoms. The zero-order valence-corrected chi connectivity index (χ0v) is 23.8. The van der Waals surface area contributed by atoms with Crippen LogP contribution in [0.25, 0.3) is 16.9 Å². The number of aryl methyl sites for hydroxylation is 1. The number of thiazole rings is 1. The van der Waals surface area contributed by atoms with Crippen LogP contribution in [0.5, 0.6) is 0 Å². The molecule has 0 N–H and O–H groups in total. The summed E-state index contributed by atoms with van der Waals surface area (Å²) in [5, 5.41) is 7.76. The molecule has 4 heterocycles. The van der Waals surface area contributed by atoms with Crippen LogP contribution in [0.3, 0.4) is 0 Å². The smallest absolute Gasteiger partial charge is 0.410 e. The van der Waals surface area contributed by atoms with Gasteiger partial charge in [0.05, 0.1) is 11.4 Å². The van der Waals surface area contributed by atoms with Gasteiger partial charge in [-0.2, -0.15) is 4.52 Å².